The van der Waals surface area contributed by atoms with Crippen molar-refractivity contribution in [2.24, 2.45) is 11.1 Å². The van der Waals surface area contributed by atoms with E-state index in [-0.39, 0.29) is 43.5 Å². The molecule has 1 amide bonds. The minimum atomic E-state index is -0.543. The molecule has 4 heterocycles. The van der Waals surface area contributed by atoms with Crippen LogP contribution < -0.4 is 10.2 Å². The first-order valence-electron chi connectivity index (χ1n) is 13.5. The molecular weight excluding hydrogens is 569 g/mol. The third-order valence-corrected chi connectivity index (χ3v) is 7.29. The van der Waals surface area contributed by atoms with Crippen LogP contribution in [0.4, 0.5) is 14.9 Å². The number of anilines is 1. The fourth-order valence-corrected chi connectivity index (χ4v) is 4.80. The number of nitrogens with one attached hydrogen (secondary N) is 1. The van der Waals surface area contributed by atoms with Crippen molar-refractivity contribution in [2.75, 3.05) is 25.1 Å². The summed E-state index contributed by atoms with van der Waals surface area (Å²) in [4.78, 5) is 36.1. The molecule has 2 aromatic heterocycles. The van der Waals surface area contributed by atoms with Crippen LogP contribution in [0.5, 0.6) is 0 Å². The van der Waals surface area contributed by atoms with E-state index in [2.05, 4.69) is 25.8 Å². The summed E-state index contributed by atoms with van der Waals surface area (Å²) in [5.74, 6) is -0.666. The number of nitrogens with zero attached hydrogens (tertiary/aromatic N) is 6. The maximum Gasteiger partial charge on any atom is 0.414 e. The highest BCUT2D eigenvalue weighted by molar-refractivity contribution is 5.99. The molecule has 0 aliphatic carbocycles. The third-order valence-electron chi connectivity index (χ3n) is 7.29. The molecule has 2 aliphatic heterocycles. The summed E-state index contributed by atoms with van der Waals surface area (Å²) in [5, 5.41) is 14.7. The van der Waals surface area contributed by atoms with Gasteiger partial charge in [0, 0.05) is 29.9 Å². The van der Waals surface area contributed by atoms with Crippen molar-refractivity contribution in [1.29, 1.82) is 0 Å². The molecule has 5 rings (SSSR count). The predicted molar refractivity (Wildman–Crippen MR) is 154 cm³/mol. The van der Waals surface area contributed by atoms with Crippen molar-refractivity contribution in [3.8, 4) is 11.1 Å². The summed E-state index contributed by atoms with van der Waals surface area (Å²) in [6.07, 6.45) is 4.70. The number of hydrogen-bond donors (Lipinski definition) is 1. The van der Waals surface area contributed by atoms with Crippen molar-refractivity contribution < 1.29 is 28.3 Å². The Bertz CT molecular complexity index is 1410. The first-order valence-corrected chi connectivity index (χ1v) is 13.5. The molecule has 4 atom stereocenters. The van der Waals surface area contributed by atoms with Gasteiger partial charge in [-0.1, -0.05) is 36.7 Å². The number of rotatable bonds is 11. The molecule has 0 radical (unpaired) electrons. The number of ether oxygens (including phenoxy) is 2. The highest BCUT2D eigenvalue weighted by Crippen LogP contribution is 2.29. The maximum absolute atomic E-state index is 15.2. The van der Waals surface area contributed by atoms with E-state index in [1.54, 1.807) is 54.6 Å². The number of pyridine rings is 1. The van der Waals surface area contributed by atoms with Crippen molar-refractivity contribution >= 4 is 35.9 Å². The topological polar surface area (TPSA) is 133 Å². The Kier molecular flexibility index (Phi) is 10.1. The molecule has 3 aromatic rings. The normalized spacial score (nSPS) is 19.4. The number of aromatic nitrogens is 4. The summed E-state index contributed by atoms with van der Waals surface area (Å²) in [6, 6.07) is 7.70. The third kappa shape index (κ3) is 6.85. The van der Waals surface area contributed by atoms with Gasteiger partial charge in [0.25, 0.3) is 0 Å². The van der Waals surface area contributed by atoms with Crippen molar-refractivity contribution in [3.63, 3.8) is 0 Å². The van der Waals surface area contributed by atoms with E-state index in [4.69, 9.17) is 14.3 Å². The fraction of sp³-hybridized carbons (Fsp3) is 0.429. The standard InChI is InChI=1S/C28H32FN7O5.ClH/c1-4-17(2)26(30-3)27(37)39-16-20-12-25(33-41-20)24-8-5-18(13-31-24)22-7-6-19(11-23(22)29)36-15-21(40-28(36)38)14-35-10-9-32-34-35;/h5-11,13,17,20-21,26,30H,4,12,14-16H2,1-3H3;1H/t17-,20-,21-,26-;/m0./s1. The molecule has 12 nitrogen and oxygen atoms in total. The highest BCUT2D eigenvalue weighted by atomic mass is 35.5. The first-order chi connectivity index (χ1) is 19.9. The van der Waals surface area contributed by atoms with E-state index in [9.17, 15) is 9.59 Å². The average molecular weight is 602 g/mol. The number of hydrogen-bond acceptors (Lipinski definition) is 10. The van der Waals surface area contributed by atoms with Gasteiger partial charge >= 0.3 is 12.1 Å². The van der Waals surface area contributed by atoms with Crippen molar-refractivity contribution in [3.05, 3.63) is 60.4 Å². The molecule has 2 aliphatic rings. The van der Waals surface area contributed by atoms with Crippen LogP contribution in [0.15, 0.2) is 54.1 Å². The summed E-state index contributed by atoms with van der Waals surface area (Å²) < 4.78 is 27.6. The second-order valence-electron chi connectivity index (χ2n) is 10.1. The van der Waals surface area contributed by atoms with Crippen LogP contribution in [0.1, 0.15) is 32.4 Å². The van der Waals surface area contributed by atoms with Crippen LogP contribution in [0, 0.1) is 11.7 Å². The molecule has 1 N–H and O–H groups in total. The summed E-state index contributed by atoms with van der Waals surface area (Å²) in [6.45, 7) is 4.73. The Balaban J connectivity index is 0.00000405. The Morgan fingerprint density at radius 1 is 1.26 bits per heavy atom. The van der Waals surface area contributed by atoms with Gasteiger partial charge in [-0.15, -0.1) is 17.5 Å². The minimum Gasteiger partial charge on any atom is -0.460 e. The van der Waals surface area contributed by atoms with Crippen LogP contribution in [0.25, 0.3) is 11.1 Å². The SMILES string of the molecule is CC[C@H](C)[C@H](NC)C(=O)OC[C@@H]1CC(c2ccc(-c3ccc(N4C[C@H](Cn5ccnn5)OC4=O)cc3F)cn2)=NO1.Cl. The van der Waals surface area contributed by atoms with Gasteiger partial charge in [-0.3, -0.25) is 14.7 Å². The molecule has 0 bridgehead atoms. The van der Waals surface area contributed by atoms with E-state index >= 15 is 4.39 Å². The van der Waals surface area contributed by atoms with E-state index in [0.717, 1.165) is 6.42 Å². The number of carbonyl (C=O) groups is 2. The van der Waals surface area contributed by atoms with Crippen LogP contribution in [-0.2, 0) is 25.7 Å². The number of oxime groups is 1. The quantitative estimate of drug-likeness (QED) is 0.327. The van der Waals surface area contributed by atoms with Gasteiger partial charge in [-0.25, -0.2) is 13.9 Å². The lowest BCUT2D eigenvalue weighted by Crippen LogP contribution is -2.41. The predicted octanol–water partition coefficient (Wildman–Crippen LogP) is 3.60. The Morgan fingerprint density at radius 3 is 2.76 bits per heavy atom. The summed E-state index contributed by atoms with van der Waals surface area (Å²) >= 11 is 0. The second-order valence-corrected chi connectivity index (χ2v) is 10.1. The Labute approximate surface area is 248 Å². The molecule has 42 heavy (non-hydrogen) atoms. The lowest BCUT2D eigenvalue weighted by Gasteiger charge is -2.21. The number of amides is 1. The number of likely N-dealkylation sites (N-methyl/N-ethyl adjacent to an activating group) is 1. The average Bonchev–Trinajstić information content (AvgIpc) is 3.74. The Hall–Kier alpha value is -4.10. The molecule has 0 unspecified atom stereocenters. The zero-order valence-electron chi connectivity index (χ0n) is 23.5. The fourth-order valence-electron chi connectivity index (χ4n) is 4.80. The van der Waals surface area contributed by atoms with Gasteiger partial charge in [-0.05, 0) is 37.2 Å². The van der Waals surface area contributed by atoms with Gasteiger partial charge in [0.05, 0.1) is 30.7 Å². The van der Waals surface area contributed by atoms with Gasteiger partial charge in [0.15, 0.2) is 6.10 Å². The van der Waals surface area contributed by atoms with E-state index in [1.165, 1.54) is 11.0 Å². The summed E-state index contributed by atoms with van der Waals surface area (Å²) in [5.41, 5.74) is 2.52. The van der Waals surface area contributed by atoms with E-state index < -0.39 is 24.1 Å². The lowest BCUT2D eigenvalue weighted by molar-refractivity contribution is -0.151. The van der Waals surface area contributed by atoms with Crippen LogP contribution in [-0.4, -0.2) is 76.2 Å². The van der Waals surface area contributed by atoms with Gasteiger partial charge in [0.2, 0.25) is 0 Å². The van der Waals surface area contributed by atoms with Crippen LogP contribution in [0.3, 0.4) is 0 Å². The number of esters is 1. The molecular formula is C28H33ClFN7O5. The first kappa shape index (κ1) is 30.8. The molecule has 1 aromatic carbocycles. The van der Waals surface area contributed by atoms with E-state index in [0.29, 0.717) is 41.2 Å². The summed E-state index contributed by atoms with van der Waals surface area (Å²) in [7, 11) is 1.74. The van der Waals surface area contributed by atoms with Crippen LogP contribution in [0.2, 0.25) is 0 Å². The monoisotopic (exact) mass is 601 g/mol. The highest BCUT2D eigenvalue weighted by Gasteiger charge is 2.33. The molecule has 14 heteroatoms. The largest absolute Gasteiger partial charge is 0.460 e. The zero-order chi connectivity index (χ0) is 28.9. The van der Waals surface area contributed by atoms with E-state index in [1.807, 2.05) is 13.8 Å². The van der Waals surface area contributed by atoms with Gasteiger partial charge in [0.1, 0.15) is 30.3 Å². The molecule has 0 spiro atoms. The number of cyclic esters (lactones) is 1. The second kappa shape index (κ2) is 13.7. The number of carbonyl (C=O) groups excluding carboxylic acids is 2. The molecule has 0 saturated carbocycles. The Morgan fingerprint density at radius 2 is 2.10 bits per heavy atom. The molecule has 1 fully saturated rings. The van der Waals surface area contributed by atoms with Gasteiger partial charge in [-0.2, -0.15) is 0 Å². The smallest absolute Gasteiger partial charge is 0.414 e. The number of halogens is 2. The zero-order valence-corrected chi connectivity index (χ0v) is 24.3. The van der Waals surface area contributed by atoms with Crippen molar-refractivity contribution in [1.82, 2.24) is 25.3 Å². The minimum absolute atomic E-state index is 0. The maximum atomic E-state index is 15.2. The van der Waals surface area contributed by atoms with Crippen molar-refractivity contribution in [2.45, 2.75) is 51.5 Å². The molecule has 224 valence electrons. The van der Waals surface area contributed by atoms with Crippen LogP contribution >= 0.6 is 12.4 Å². The number of benzene rings is 1. The molecule has 1 saturated heterocycles. The lowest BCUT2D eigenvalue weighted by atomic mass is 9.99. The van der Waals surface area contributed by atoms with Gasteiger partial charge < -0.3 is 19.6 Å².